The Bertz CT molecular complexity index is 1130. The lowest BCUT2D eigenvalue weighted by molar-refractivity contribution is 0.102. The van der Waals surface area contributed by atoms with E-state index in [1.165, 1.54) is 27.8 Å². The number of anilines is 1. The number of benzene rings is 2. The average Bonchev–Trinajstić information content (AvgIpc) is 3.25. The number of rotatable bonds is 5. The predicted molar refractivity (Wildman–Crippen MR) is 111 cm³/mol. The van der Waals surface area contributed by atoms with Crippen LogP contribution in [-0.4, -0.2) is 41.9 Å². The lowest BCUT2D eigenvalue weighted by Gasteiger charge is -2.30. The molecule has 7 nitrogen and oxygen atoms in total. The second kappa shape index (κ2) is 8.58. The molecule has 1 aromatic heterocycles. The molecule has 1 aliphatic rings. The van der Waals surface area contributed by atoms with Crippen LogP contribution in [-0.2, 0) is 10.0 Å². The highest BCUT2D eigenvalue weighted by atomic mass is 32.2. The number of nitrogens with zero attached hydrogens (tertiary/aromatic N) is 3. The first-order valence-corrected chi connectivity index (χ1v) is 11.6. The summed E-state index contributed by atoms with van der Waals surface area (Å²) in [7, 11) is -3.73. The minimum Gasteiger partial charge on any atom is -0.320 e. The lowest BCUT2D eigenvalue weighted by Crippen LogP contribution is -2.39. The zero-order valence-electron chi connectivity index (χ0n) is 15.9. The maximum Gasteiger partial charge on any atom is 0.286 e. The number of sulfonamides is 1. The van der Waals surface area contributed by atoms with Crippen molar-refractivity contribution in [3.63, 3.8) is 0 Å². The zero-order valence-corrected chi connectivity index (χ0v) is 17.5. The molecule has 0 aliphatic carbocycles. The van der Waals surface area contributed by atoms with Gasteiger partial charge in [-0.3, -0.25) is 4.79 Å². The molecule has 0 bridgehead atoms. The predicted octanol–water partition coefficient (Wildman–Crippen LogP) is 3.50. The molecule has 1 atom stereocenters. The number of nitrogens with one attached hydrogen (secondary N) is 1. The highest BCUT2D eigenvalue weighted by Gasteiger charge is 2.32. The van der Waals surface area contributed by atoms with Gasteiger partial charge in [-0.25, -0.2) is 12.8 Å². The van der Waals surface area contributed by atoms with Gasteiger partial charge in [-0.05, 0) is 49.2 Å². The van der Waals surface area contributed by atoms with E-state index in [9.17, 15) is 17.6 Å². The SMILES string of the molecule is O=C(Nc1ccccc1)c1nnc([C@H]2CCCN(S(=O)(=O)c3ccc(F)cc3)C2)s1. The van der Waals surface area contributed by atoms with E-state index in [1.807, 2.05) is 18.2 Å². The van der Waals surface area contributed by atoms with E-state index >= 15 is 0 Å². The summed E-state index contributed by atoms with van der Waals surface area (Å²) in [6, 6.07) is 13.9. The molecule has 30 heavy (non-hydrogen) atoms. The molecular formula is C20H19FN4O3S2. The summed E-state index contributed by atoms with van der Waals surface area (Å²) in [5.74, 6) is -0.984. The molecule has 0 unspecified atom stereocenters. The molecular weight excluding hydrogens is 427 g/mol. The molecule has 1 N–H and O–H groups in total. The van der Waals surface area contributed by atoms with Crippen LogP contribution in [0.2, 0.25) is 0 Å². The highest BCUT2D eigenvalue weighted by molar-refractivity contribution is 7.89. The van der Waals surface area contributed by atoms with E-state index in [0.29, 0.717) is 23.7 Å². The topological polar surface area (TPSA) is 92.3 Å². The van der Waals surface area contributed by atoms with Crippen molar-refractivity contribution < 1.29 is 17.6 Å². The van der Waals surface area contributed by atoms with Crippen LogP contribution in [0.25, 0.3) is 0 Å². The quantitative estimate of drug-likeness (QED) is 0.648. The number of carbonyl (C=O) groups excluding carboxylic acids is 1. The fourth-order valence-electron chi connectivity index (χ4n) is 3.32. The molecule has 3 aromatic rings. The number of aromatic nitrogens is 2. The van der Waals surface area contributed by atoms with Crippen molar-refractivity contribution in [2.45, 2.75) is 23.7 Å². The van der Waals surface area contributed by atoms with Gasteiger partial charge in [0.2, 0.25) is 15.0 Å². The van der Waals surface area contributed by atoms with Gasteiger partial charge < -0.3 is 5.32 Å². The van der Waals surface area contributed by atoms with Crippen molar-refractivity contribution in [2.75, 3.05) is 18.4 Å². The van der Waals surface area contributed by atoms with Crippen LogP contribution in [0.5, 0.6) is 0 Å². The fraction of sp³-hybridized carbons (Fsp3) is 0.250. The van der Waals surface area contributed by atoms with Gasteiger partial charge in [-0.2, -0.15) is 4.31 Å². The first kappa shape index (κ1) is 20.6. The van der Waals surface area contributed by atoms with E-state index in [1.54, 1.807) is 12.1 Å². The molecule has 2 aromatic carbocycles. The Morgan fingerprint density at radius 3 is 2.57 bits per heavy atom. The summed E-state index contributed by atoms with van der Waals surface area (Å²) in [4.78, 5) is 12.5. The van der Waals surface area contributed by atoms with Gasteiger partial charge in [0.25, 0.3) is 5.91 Å². The lowest BCUT2D eigenvalue weighted by atomic mass is 10.0. The van der Waals surface area contributed by atoms with Gasteiger partial charge in [-0.15, -0.1) is 10.2 Å². The van der Waals surface area contributed by atoms with Gasteiger partial charge >= 0.3 is 0 Å². The molecule has 2 heterocycles. The van der Waals surface area contributed by atoms with Crippen LogP contribution in [0.4, 0.5) is 10.1 Å². The summed E-state index contributed by atoms with van der Waals surface area (Å²) >= 11 is 1.17. The summed E-state index contributed by atoms with van der Waals surface area (Å²) in [6.45, 7) is 0.630. The molecule has 1 fully saturated rings. The second-order valence-electron chi connectivity index (χ2n) is 6.92. The molecule has 0 saturated carbocycles. The number of carbonyl (C=O) groups is 1. The molecule has 1 aliphatic heterocycles. The van der Waals surface area contributed by atoms with E-state index < -0.39 is 15.8 Å². The monoisotopic (exact) mass is 446 g/mol. The molecule has 1 saturated heterocycles. The standard InChI is InChI=1S/C20H19FN4O3S2/c21-15-8-10-17(11-9-15)30(27,28)25-12-4-5-14(13-25)19-23-24-20(29-19)18(26)22-16-6-2-1-3-7-16/h1-3,6-11,14H,4-5,12-13H2,(H,22,26)/t14-/m0/s1. The van der Waals surface area contributed by atoms with Gasteiger partial charge in [0.05, 0.1) is 4.90 Å². The van der Waals surface area contributed by atoms with Crippen LogP contribution in [0, 0.1) is 5.82 Å². The summed E-state index contributed by atoms with van der Waals surface area (Å²) < 4.78 is 40.3. The Balaban J connectivity index is 1.47. The molecule has 0 spiro atoms. The number of hydrogen-bond donors (Lipinski definition) is 1. The van der Waals surface area contributed by atoms with Crippen LogP contribution in [0.1, 0.15) is 33.6 Å². The van der Waals surface area contributed by atoms with E-state index in [4.69, 9.17) is 0 Å². The zero-order chi connectivity index (χ0) is 21.1. The van der Waals surface area contributed by atoms with Crippen molar-refractivity contribution in [1.82, 2.24) is 14.5 Å². The molecule has 10 heteroatoms. The van der Waals surface area contributed by atoms with Crippen molar-refractivity contribution in [3.8, 4) is 0 Å². The Morgan fingerprint density at radius 2 is 1.83 bits per heavy atom. The average molecular weight is 447 g/mol. The van der Waals surface area contributed by atoms with Crippen LogP contribution in [0.15, 0.2) is 59.5 Å². The van der Waals surface area contributed by atoms with Crippen LogP contribution < -0.4 is 5.32 Å². The molecule has 4 rings (SSSR count). The Hall–Kier alpha value is -2.69. The van der Waals surface area contributed by atoms with Gasteiger partial charge in [0, 0.05) is 24.7 Å². The number of hydrogen-bond acceptors (Lipinski definition) is 6. The van der Waals surface area contributed by atoms with Crippen molar-refractivity contribution in [3.05, 3.63) is 70.4 Å². The highest BCUT2D eigenvalue weighted by Crippen LogP contribution is 2.32. The van der Waals surface area contributed by atoms with E-state index in [2.05, 4.69) is 15.5 Å². The summed E-state index contributed by atoms with van der Waals surface area (Å²) in [6.07, 6.45) is 1.42. The van der Waals surface area contributed by atoms with Gasteiger partial charge in [0.1, 0.15) is 10.8 Å². The Labute approximate surface area is 177 Å². The smallest absolute Gasteiger partial charge is 0.286 e. The largest absolute Gasteiger partial charge is 0.320 e. The van der Waals surface area contributed by atoms with Crippen molar-refractivity contribution >= 4 is 33.0 Å². The first-order chi connectivity index (χ1) is 14.4. The second-order valence-corrected chi connectivity index (χ2v) is 9.87. The Kier molecular flexibility index (Phi) is 5.89. The Morgan fingerprint density at radius 1 is 1.10 bits per heavy atom. The third-order valence-electron chi connectivity index (χ3n) is 4.85. The van der Waals surface area contributed by atoms with Gasteiger partial charge in [-0.1, -0.05) is 29.5 Å². The molecule has 0 radical (unpaired) electrons. The minimum atomic E-state index is -3.73. The third kappa shape index (κ3) is 4.40. The van der Waals surface area contributed by atoms with Crippen LogP contribution in [0.3, 0.4) is 0 Å². The third-order valence-corrected chi connectivity index (χ3v) is 7.82. The minimum absolute atomic E-state index is 0.0599. The summed E-state index contributed by atoms with van der Waals surface area (Å²) in [5, 5.41) is 11.8. The number of para-hydroxylation sites is 1. The van der Waals surface area contributed by atoms with Crippen molar-refractivity contribution in [2.24, 2.45) is 0 Å². The molecule has 1 amide bonds. The van der Waals surface area contributed by atoms with Crippen molar-refractivity contribution in [1.29, 1.82) is 0 Å². The van der Waals surface area contributed by atoms with E-state index in [-0.39, 0.29) is 28.3 Å². The normalized spacial score (nSPS) is 17.6. The maximum atomic E-state index is 13.2. The maximum absolute atomic E-state index is 13.2. The summed E-state index contributed by atoms with van der Waals surface area (Å²) in [5.41, 5.74) is 0.661. The van der Waals surface area contributed by atoms with Crippen LogP contribution >= 0.6 is 11.3 Å². The fourth-order valence-corrected chi connectivity index (χ4v) is 5.70. The first-order valence-electron chi connectivity index (χ1n) is 9.39. The number of amides is 1. The van der Waals surface area contributed by atoms with Gasteiger partial charge in [0.15, 0.2) is 0 Å². The number of piperidine rings is 1. The van der Waals surface area contributed by atoms with E-state index in [0.717, 1.165) is 18.6 Å². The number of halogens is 1. The molecule has 156 valence electrons.